The molecule has 3 aromatic rings. The number of halogens is 1. The van der Waals surface area contributed by atoms with Gasteiger partial charge < -0.3 is 4.90 Å². The summed E-state index contributed by atoms with van der Waals surface area (Å²) in [6, 6.07) is 5.73. The van der Waals surface area contributed by atoms with Crippen LogP contribution in [0.15, 0.2) is 35.3 Å². The van der Waals surface area contributed by atoms with Gasteiger partial charge in [0.25, 0.3) is 5.56 Å². The van der Waals surface area contributed by atoms with Gasteiger partial charge in [-0.3, -0.25) is 9.59 Å². The number of aryl methyl sites for hydroxylation is 1. The molecule has 148 valence electrons. The van der Waals surface area contributed by atoms with Crippen LogP contribution in [0, 0.1) is 12.7 Å². The van der Waals surface area contributed by atoms with Gasteiger partial charge in [-0.05, 0) is 58.9 Å². The van der Waals surface area contributed by atoms with Crippen molar-refractivity contribution in [2.24, 2.45) is 0 Å². The zero-order chi connectivity index (χ0) is 20.6. The van der Waals surface area contributed by atoms with E-state index in [1.807, 2.05) is 27.7 Å². The Morgan fingerprint density at radius 1 is 1.14 bits per heavy atom. The Morgan fingerprint density at radius 2 is 1.75 bits per heavy atom. The van der Waals surface area contributed by atoms with E-state index in [4.69, 9.17) is 0 Å². The van der Waals surface area contributed by atoms with Crippen LogP contribution in [0.2, 0.25) is 0 Å². The molecule has 8 heteroatoms. The summed E-state index contributed by atoms with van der Waals surface area (Å²) in [7, 11) is 0. The van der Waals surface area contributed by atoms with Crippen LogP contribution in [0.4, 0.5) is 4.39 Å². The van der Waals surface area contributed by atoms with Crippen molar-refractivity contribution in [1.82, 2.24) is 24.5 Å². The normalized spacial score (nSPS) is 11.6. The van der Waals surface area contributed by atoms with Crippen LogP contribution in [-0.2, 0) is 11.3 Å². The summed E-state index contributed by atoms with van der Waals surface area (Å²) in [6.07, 6.45) is 1.56. The molecule has 2 heterocycles. The highest BCUT2D eigenvalue weighted by Crippen LogP contribution is 2.17. The summed E-state index contributed by atoms with van der Waals surface area (Å²) in [5.74, 6) is -0.547. The van der Waals surface area contributed by atoms with Gasteiger partial charge in [0.2, 0.25) is 5.91 Å². The fourth-order valence-electron chi connectivity index (χ4n) is 3.49. The maximum absolute atomic E-state index is 13.3. The monoisotopic (exact) mass is 385 g/mol. The smallest absolute Gasteiger partial charge is 0.293 e. The number of aromatic nitrogens is 4. The second kappa shape index (κ2) is 7.53. The number of benzene rings is 1. The SMILES string of the molecule is Cc1nn(CC(=O)N(C(C)C)C(C)C)c(=O)c2c1cnn2-c1ccc(F)cc1. The average Bonchev–Trinajstić information content (AvgIpc) is 3.05. The number of fused-ring (bicyclic) bond motifs is 1. The maximum Gasteiger partial charge on any atom is 0.293 e. The standard InChI is InChI=1S/C20H24FN5O2/c1-12(2)25(13(3)4)18(27)11-24-20(28)19-17(14(5)23-24)10-22-26(19)16-8-6-15(21)7-9-16/h6-10,12-13H,11H2,1-5H3. The van der Waals surface area contributed by atoms with Crippen LogP contribution in [0.25, 0.3) is 16.6 Å². The quantitative estimate of drug-likeness (QED) is 0.677. The number of carbonyl (C=O) groups is 1. The molecule has 3 rings (SSSR count). The van der Waals surface area contributed by atoms with Crippen molar-refractivity contribution in [1.29, 1.82) is 0 Å². The minimum atomic E-state index is -0.414. The lowest BCUT2D eigenvalue weighted by Gasteiger charge is -2.30. The fourth-order valence-corrected chi connectivity index (χ4v) is 3.49. The van der Waals surface area contributed by atoms with Gasteiger partial charge in [-0.2, -0.15) is 10.2 Å². The van der Waals surface area contributed by atoms with E-state index in [2.05, 4.69) is 10.2 Å². The van der Waals surface area contributed by atoms with Crippen LogP contribution in [0.1, 0.15) is 33.4 Å². The molecule has 7 nitrogen and oxygen atoms in total. The van der Waals surface area contributed by atoms with Crippen molar-refractivity contribution in [3.05, 3.63) is 52.3 Å². The summed E-state index contributed by atoms with van der Waals surface area (Å²) in [6.45, 7) is 9.36. The lowest BCUT2D eigenvalue weighted by Crippen LogP contribution is -2.45. The number of hydrogen-bond acceptors (Lipinski definition) is 4. The third-order valence-electron chi connectivity index (χ3n) is 4.62. The Hall–Kier alpha value is -3.03. The molecular weight excluding hydrogens is 361 g/mol. The molecule has 0 N–H and O–H groups in total. The average molecular weight is 385 g/mol. The lowest BCUT2D eigenvalue weighted by molar-refractivity contribution is -0.135. The first-order valence-corrected chi connectivity index (χ1v) is 9.23. The Balaban J connectivity index is 2.09. The Labute approximate surface area is 162 Å². The number of hydrogen-bond donors (Lipinski definition) is 0. The van der Waals surface area contributed by atoms with Crippen LogP contribution in [0.3, 0.4) is 0 Å². The van der Waals surface area contributed by atoms with Crippen LogP contribution >= 0.6 is 0 Å². The van der Waals surface area contributed by atoms with Gasteiger partial charge in [-0.1, -0.05) is 0 Å². The summed E-state index contributed by atoms with van der Waals surface area (Å²) in [5.41, 5.74) is 1.05. The van der Waals surface area contributed by atoms with Crippen molar-refractivity contribution in [3.63, 3.8) is 0 Å². The molecule has 0 saturated heterocycles. The molecule has 28 heavy (non-hydrogen) atoms. The predicted molar refractivity (Wildman–Crippen MR) is 105 cm³/mol. The third-order valence-corrected chi connectivity index (χ3v) is 4.62. The minimum Gasteiger partial charge on any atom is -0.336 e. The molecule has 0 aliphatic heterocycles. The van der Waals surface area contributed by atoms with E-state index in [9.17, 15) is 14.0 Å². The van der Waals surface area contributed by atoms with Gasteiger partial charge in [-0.25, -0.2) is 13.8 Å². The zero-order valence-corrected chi connectivity index (χ0v) is 16.7. The number of nitrogens with zero attached hydrogens (tertiary/aromatic N) is 5. The van der Waals surface area contributed by atoms with E-state index in [-0.39, 0.29) is 30.4 Å². The summed E-state index contributed by atoms with van der Waals surface area (Å²) in [5, 5.41) is 9.18. The topological polar surface area (TPSA) is 73.0 Å². The third kappa shape index (κ3) is 3.54. The molecule has 0 unspecified atom stereocenters. The molecule has 0 saturated carbocycles. The van der Waals surface area contributed by atoms with E-state index < -0.39 is 5.56 Å². The van der Waals surface area contributed by atoms with E-state index in [0.717, 1.165) is 0 Å². The van der Waals surface area contributed by atoms with Crippen molar-refractivity contribution in [2.75, 3.05) is 0 Å². The summed E-state index contributed by atoms with van der Waals surface area (Å²) in [4.78, 5) is 27.6. The van der Waals surface area contributed by atoms with Crippen molar-refractivity contribution >= 4 is 16.8 Å². The predicted octanol–water partition coefficient (Wildman–Crippen LogP) is 2.68. The van der Waals surface area contributed by atoms with Crippen molar-refractivity contribution in [2.45, 2.75) is 53.2 Å². The van der Waals surface area contributed by atoms with E-state index in [0.29, 0.717) is 22.3 Å². The molecule has 2 aromatic heterocycles. The first-order valence-electron chi connectivity index (χ1n) is 9.23. The Morgan fingerprint density at radius 3 is 2.32 bits per heavy atom. The molecule has 0 aliphatic carbocycles. The summed E-state index contributed by atoms with van der Waals surface area (Å²) >= 11 is 0. The second-order valence-electron chi connectivity index (χ2n) is 7.33. The largest absolute Gasteiger partial charge is 0.336 e. The van der Waals surface area contributed by atoms with E-state index in [1.54, 1.807) is 30.2 Å². The first-order chi connectivity index (χ1) is 13.2. The second-order valence-corrected chi connectivity index (χ2v) is 7.33. The molecule has 0 spiro atoms. The molecular formula is C20H24FN5O2. The zero-order valence-electron chi connectivity index (χ0n) is 16.7. The van der Waals surface area contributed by atoms with E-state index in [1.165, 1.54) is 21.5 Å². The van der Waals surface area contributed by atoms with Gasteiger partial charge in [-0.15, -0.1) is 0 Å². The highest BCUT2D eigenvalue weighted by Gasteiger charge is 2.23. The lowest BCUT2D eigenvalue weighted by atomic mass is 10.2. The Bertz CT molecular complexity index is 1060. The molecule has 1 amide bonds. The molecule has 1 aromatic carbocycles. The van der Waals surface area contributed by atoms with Gasteiger partial charge in [0.1, 0.15) is 17.9 Å². The van der Waals surface area contributed by atoms with Crippen LogP contribution in [0.5, 0.6) is 0 Å². The number of carbonyl (C=O) groups excluding carboxylic acids is 1. The summed E-state index contributed by atoms with van der Waals surface area (Å²) < 4.78 is 15.9. The molecule has 0 aliphatic rings. The van der Waals surface area contributed by atoms with Gasteiger partial charge in [0.15, 0.2) is 0 Å². The van der Waals surface area contributed by atoms with Gasteiger partial charge in [0, 0.05) is 17.5 Å². The molecule has 0 atom stereocenters. The highest BCUT2D eigenvalue weighted by atomic mass is 19.1. The Kier molecular flexibility index (Phi) is 5.31. The van der Waals surface area contributed by atoms with Gasteiger partial charge >= 0.3 is 0 Å². The molecule has 0 radical (unpaired) electrons. The first kappa shape index (κ1) is 19.7. The minimum absolute atomic E-state index is 0.0118. The number of rotatable bonds is 5. The van der Waals surface area contributed by atoms with Crippen molar-refractivity contribution < 1.29 is 9.18 Å². The number of amides is 1. The fraction of sp³-hybridized carbons (Fsp3) is 0.400. The van der Waals surface area contributed by atoms with Crippen LogP contribution in [-0.4, -0.2) is 42.5 Å². The van der Waals surface area contributed by atoms with Gasteiger partial charge in [0.05, 0.1) is 17.6 Å². The molecule has 0 bridgehead atoms. The molecule has 0 fully saturated rings. The highest BCUT2D eigenvalue weighted by molar-refractivity contribution is 5.82. The maximum atomic E-state index is 13.3. The van der Waals surface area contributed by atoms with E-state index >= 15 is 0 Å². The van der Waals surface area contributed by atoms with Crippen molar-refractivity contribution in [3.8, 4) is 5.69 Å². The van der Waals surface area contributed by atoms with Crippen LogP contribution < -0.4 is 5.56 Å².